The summed E-state index contributed by atoms with van der Waals surface area (Å²) in [6, 6.07) is 0. The molecule has 0 aromatic carbocycles. The standard InChI is InChI=1S/C13H26N2O2/c1-2-3-9-17-10-8-15-13(16)5-4-12-6-7-14-11-12/h12,14H,2-11H2,1H3,(H,15,16). The largest absolute Gasteiger partial charge is 0.380 e. The van der Waals surface area contributed by atoms with E-state index in [0.29, 0.717) is 25.5 Å². The van der Waals surface area contributed by atoms with Crippen LogP contribution in [-0.2, 0) is 9.53 Å². The molecule has 0 saturated carbocycles. The first-order valence-electron chi connectivity index (χ1n) is 6.88. The molecular formula is C13H26N2O2. The molecule has 17 heavy (non-hydrogen) atoms. The number of carbonyl (C=O) groups excluding carboxylic acids is 1. The first-order chi connectivity index (χ1) is 8.33. The van der Waals surface area contributed by atoms with Gasteiger partial charge in [-0.05, 0) is 38.3 Å². The molecule has 0 radical (unpaired) electrons. The van der Waals surface area contributed by atoms with Crippen LogP contribution >= 0.6 is 0 Å². The number of amides is 1. The molecule has 1 saturated heterocycles. The van der Waals surface area contributed by atoms with Crippen LogP contribution in [0.25, 0.3) is 0 Å². The van der Waals surface area contributed by atoms with Gasteiger partial charge in [-0.3, -0.25) is 4.79 Å². The van der Waals surface area contributed by atoms with E-state index in [-0.39, 0.29) is 5.91 Å². The van der Waals surface area contributed by atoms with E-state index in [1.807, 2.05) is 0 Å². The molecule has 2 N–H and O–H groups in total. The van der Waals surface area contributed by atoms with Gasteiger partial charge in [-0.15, -0.1) is 0 Å². The summed E-state index contributed by atoms with van der Waals surface area (Å²) in [6.07, 6.45) is 5.13. The molecule has 1 aliphatic heterocycles. The van der Waals surface area contributed by atoms with Gasteiger partial charge in [0.25, 0.3) is 0 Å². The van der Waals surface area contributed by atoms with Gasteiger partial charge in [0.2, 0.25) is 5.91 Å². The van der Waals surface area contributed by atoms with Gasteiger partial charge >= 0.3 is 0 Å². The SMILES string of the molecule is CCCCOCCNC(=O)CCC1CCNC1. The highest BCUT2D eigenvalue weighted by atomic mass is 16.5. The highest BCUT2D eigenvalue weighted by Gasteiger charge is 2.15. The summed E-state index contributed by atoms with van der Waals surface area (Å²) in [6.45, 7) is 6.41. The molecule has 0 aromatic rings. The lowest BCUT2D eigenvalue weighted by Gasteiger charge is -2.09. The van der Waals surface area contributed by atoms with E-state index in [1.165, 1.54) is 6.42 Å². The molecular weight excluding hydrogens is 216 g/mol. The van der Waals surface area contributed by atoms with Crippen molar-refractivity contribution in [2.24, 2.45) is 5.92 Å². The molecule has 0 aliphatic carbocycles. The van der Waals surface area contributed by atoms with Crippen molar-refractivity contribution in [2.75, 3.05) is 32.8 Å². The Morgan fingerprint density at radius 2 is 2.35 bits per heavy atom. The minimum atomic E-state index is 0.163. The van der Waals surface area contributed by atoms with Gasteiger partial charge in [0.1, 0.15) is 0 Å². The average molecular weight is 242 g/mol. The third-order valence-electron chi connectivity index (χ3n) is 3.15. The minimum absolute atomic E-state index is 0.163. The Morgan fingerprint density at radius 3 is 3.06 bits per heavy atom. The Balaban J connectivity index is 1.87. The van der Waals surface area contributed by atoms with Crippen molar-refractivity contribution in [2.45, 2.75) is 39.0 Å². The predicted octanol–water partition coefficient (Wildman–Crippen LogP) is 1.31. The van der Waals surface area contributed by atoms with Crippen LogP contribution in [0.15, 0.2) is 0 Å². The predicted molar refractivity (Wildman–Crippen MR) is 68.9 cm³/mol. The third-order valence-corrected chi connectivity index (χ3v) is 3.15. The highest BCUT2D eigenvalue weighted by Crippen LogP contribution is 2.13. The van der Waals surface area contributed by atoms with Crippen molar-refractivity contribution in [1.29, 1.82) is 0 Å². The number of unbranched alkanes of at least 4 members (excludes halogenated alkanes) is 1. The molecule has 4 heteroatoms. The monoisotopic (exact) mass is 242 g/mol. The van der Waals surface area contributed by atoms with Crippen molar-refractivity contribution in [3.05, 3.63) is 0 Å². The minimum Gasteiger partial charge on any atom is -0.380 e. The summed E-state index contributed by atoms with van der Waals surface area (Å²) >= 11 is 0. The summed E-state index contributed by atoms with van der Waals surface area (Å²) in [5.41, 5.74) is 0. The molecule has 1 heterocycles. The molecule has 0 spiro atoms. The highest BCUT2D eigenvalue weighted by molar-refractivity contribution is 5.75. The molecule has 0 aromatic heterocycles. The van der Waals surface area contributed by atoms with Gasteiger partial charge < -0.3 is 15.4 Å². The van der Waals surface area contributed by atoms with Gasteiger partial charge in [-0.25, -0.2) is 0 Å². The zero-order valence-electron chi connectivity index (χ0n) is 11.0. The Bertz CT molecular complexity index is 204. The fourth-order valence-corrected chi connectivity index (χ4v) is 2.00. The topological polar surface area (TPSA) is 50.4 Å². The van der Waals surface area contributed by atoms with Crippen molar-refractivity contribution in [1.82, 2.24) is 10.6 Å². The second kappa shape index (κ2) is 9.42. The number of carbonyl (C=O) groups is 1. The van der Waals surface area contributed by atoms with Crippen LogP contribution < -0.4 is 10.6 Å². The fourth-order valence-electron chi connectivity index (χ4n) is 2.00. The number of rotatable bonds is 9. The Hall–Kier alpha value is -0.610. The Labute approximate surface area is 104 Å². The molecule has 1 amide bonds. The summed E-state index contributed by atoms with van der Waals surface area (Å²) in [5, 5.41) is 6.22. The van der Waals surface area contributed by atoms with E-state index in [4.69, 9.17) is 4.74 Å². The van der Waals surface area contributed by atoms with E-state index >= 15 is 0 Å². The molecule has 100 valence electrons. The van der Waals surface area contributed by atoms with Gasteiger partial charge in [-0.2, -0.15) is 0 Å². The van der Waals surface area contributed by atoms with Crippen LogP contribution in [0.2, 0.25) is 0 Å². The number of hydrogen-bond acceptors (Lipinski definition) is 3. The molecule has 4 nitrogen and oxygen atoms in total. The maximum atomic E-state index is 11.5. The second-order valence-corrected chi connectivity index (χ2v) is 4.71. The summed E-state index contributed by atoms with van der Waals surface area (Å²) in [5.74, 6) is 0.859. The summed E-state index contributed by atoms with van der Waals surface area (Å²) in [4.78, 5) is 11.5. The normalized spacial score (nSPS) is 19.5. The van der Waals surface area contributed by atoms with Gasteiger partial charge in [-0.1, -0.05) is 13.3 Å². The second-order valence-electron chi connectivity index (χ2n) is 4.71. The number of nitrogens with one attached hydrogen (secondary N) is 2. The molecule has 1 atom stereocenters. The van der Waals surface area contributed by atoms with Gasteiger partial charge in [0.15, 0.2) is 0 Å². The Morgan fingerprint density at radius 1 is 1.47 bits per heavy atom. The van der Waals surface area contributed by atoms with Crippen LogP contribution in [0, 0.1) is 5.92 Å². The third kappa shape index (κ3) is 7.34. The van der Waals surface area contributed by atoms with Crippen LogP contribution in [0.4, 0.5) is 0 Å². The quantitative estimate of drug-likeness (QED) is 0.599. The van der Waals surface area contributed by atoms with Crippen molar-refractivity contribution in [3.8, 4) is 0 Å². The van der Waals surface area contributed by atoms with Crippen molar-refractivity contribution < 1.29 is 9.53 Å². The van der Waals surface area contributed by atoms with Gasteiger partial charge in [0.05, 0.1) is 6.61 Å². The van der Waals surface area contributed by atoms with E-state index in [2.05, 4.69) is 17.6 Å². The van der Waals surface area contributed by atoms with E-state index < -0.39 is 0 Å². The smallest absolute Gasteiger partial charge is 0.220 e. The zero-order valence-corrected chi connectivity index (χ0v) is 11.0. The lowest BCUT2D eigenvalue weighted by molar-refractivity contribution is -0.121. The van der Waals surface area contributed by atoms with Crippen LogP contribution in [0.1, 0.15) is 39.0 Å². The molecule has 1 aliphatic rings. The molecule has 1 rings (SSSR count). The van der Waals surface area contributed by atoms with Crippen LogP contribution in [0.5, 0.6) is 0 Å². The maximum Gasteiger partial charge on any atom is 0.220 e. The van der Waals surface area contributed by atoms with Crippen LogP contribution in [0.3, 0.4) is 0 Å². The summed E-state index contributed by atoms with van der Waals surface area (Å²) in [7, 11) is 0. The molecule has 1 fully saturated rings. The molecule has 0 bridgehead atoms. The van der Waals surface area contributed by atoms with Crippen molar-refractivity contribution >= 4 is 5.91 Å². The lowest BCUT2D eigenvalue weighted by Crippen LogP contribution is -2.27. The van der Waals surface area contributed by atoms with E-state index in [1.54, 1.807) is 0 Å². The molecule has 1 unspecified atom stereocenters. The van der Waals surface area contributed by atoms with Crippen LogP contribution in [-0.4, -0.2) is 38.8 Å². The number of hydrogen-bond donors (Lipinski definition) is 2. The fraction of sp³-hybridized carbons (Fsp3) is 0.923. The summed E-state index contributed by atoms with van der Waals surface area (Å²) < 4.78 is 5.38. The Kier molecular flexibility index (Phi) is 8.01. The zero-order chi connectivity index (χ0) is 12.3. The van der Waals surface area contributed by atoms with Gasteiger partial charge in [0, 0.05) is 19.6 Å². The lowest BCUT2D eigenvalue weighted by atomic mass is 10.0. The average Bonchev–Trinajstić information content (AvgIpc) is 2.84. The van der Waals surface area contributed by atoms with E-state index in [9.17, 15) is 4.79 Å². The first kappa shape index (κ1) is 14.5. The van der Waals surface area contributed by atoms with E-state index in [0.717, 1.165) is 39.0 Å². The van der Waals surface area contributed by atoms with Crippen molar-refractivity contribution in [3.63, 3.8) is 0 Å². The first-order valence-corrected chi connectivity index (χ1v) is 6.88. The number of ether oxygens (including phenoxy) is 1. The maximum absolute atomic E-state index is 11.5.